The molecule has 1 saturated carbocycles. The van der Waals surface area contributed by atoms with E-state index in [0.29, 0.717) is 5.02 Å². The minimum atomic E-state index is -4.20. The van der Waals surface area contributed by atoms with Crippen LogP contribution in [0.5, 0.6) is 0 Å². The van der Waals surface area contributed by atoms with E-state index in [2.05, 4.69) is 4.72 Å². The van der Waals surface area contributed by atoms with Crippen LogP contribution in [0.15, 0.2) is 47.4 Å². The maximum atomic E-state index is 14.8. The van der Waals surface area contributed by atoms with Crippen LogP contribution >= 0.6 is 11.6 Å². The van der Waals surface area contributed by atoms with Crippen LogP contribution in [0.1, 0.15) is 31.2 Å². The van der Waals surface area contributed by atoms with E-state index >= 15 is 0 Å². The smallest absolute Gasteiger partial charge is 0.223 e. The Morgan fingerprint density at radius 3 is 2.26 bits per heavy atom. The van der Waals surface area contributed by atoms with Gasteiger partial charge >= 0.3 is 0 Å². The van der Waals surface area contributed by atoms with E-state index in [1.54, 1.807) is 6.07 Å². The highest BCUT2D eigenvalue weighted by Gasteiger charge is 2.50. The zero-order chi connectivity index (χ0) is 22.9. The molecule has 1 N–H and O–H groups in total. The summed E-state index contributed by atoms with van der Waals surface area (Å²) < 4.78 is 80.5. The van der Waals surface area contributed by atoms with Crippen molar-refractivity contribution in [1.29, 1.82) is 5.26 Å². The summed E-state index contributed by atoms with van der Waals surface area (Å²) in [5, 5.41) is 8.96. The fraction of sp³-hybridized carbons (Fsp3) is 0.350. The van der Waals surface area contributed by atoms with Gasteiger partial charge in [0.15, 0.2) is 15.6 Å². The van der Waals surface area contributed by atoms with Crippen molar-refractivity contribution in [1.82, 2.24) is 4.72 Å². The SMILES string of the molecule is N#CCS(=O)(=O)N[C@H]1CC[C@@](c2cc(F)ccc2F)(S(=O)(=O)c2ccc(Cl)cc2)CC1. The molecule has 2 aromatic carbocycles. The molecule has 0 aromatic heterocycles. The van der Waals surface area contributed by atoms with Gasteiger partial charge in [-0.15, -0.1) is 0 Å². The van der Waals surface area contributed by atoms with Crippen molar-refractivity contribution < 1.29 is 25.6 Å². The van der Waals surface area contributed by atoms with Crippen LogP contribution in [0.3, 0.4) is 0 Å². The van der Waals surface area contributed by atoms with Gasteiger partial charge in [0.25, 0.3) is 0 Å². The number of nitrogens with zero attached hydrogens (tertiary/aromatic N) is 1. The molecule has 3 rings (SSSR count). The van der Waals surface area contributed by atoms with Gasteiger partial charge in [0.2, 0.25) is 10.0 Å². The predicted octanol–water partition coefficient (Wildman–Crippen LogP) is 3.67. The molecule has 0 saturated heterocycles. The Bertz CT molecular complexity index is 1220. The highest BCUT2D eigenvalue weighted by Crippen LogP contribution is 2.48. The van der Waals surface area contributed by atoms with Gasteiger partial charge < -0.3 is 0 Å². The third kappa shape index (κ3) is 4.75. The van der Waals surface area contributed by atoms with E-state index in [-0.39, 0.29) is 36.1 Å². The molecule has 1 aliphatic carbocycles. The molecule has 6 nitrogen and oxygen atoms in total. The van der Waals surface area contributed by atoms with Gasteiger partial charge in [-0.1, -0.05) is 11.6 Å². The Kier molecular flexibility index (Phi) is 6.72. The van der Waals surface area contributed by atoms with E-state index in [4.69, 9.17) is 16.9 Å². The van der Waals surface area contributed by atoms with Crippen molar-refractivity contribution in [3.8, 4) is 6.07 Å². The quantitative estimate of drug-likeness (QED) is 0.668. The maximum absolute atomic E-state index is 14.8. The minimum absolute atomic E-state index is 0.0629. The molecule has 0 spiro atoms. The first-order valence-electron chi connectivity index (χ1n) is 9.33. The summed E-state index contributed by atoms with van der Waals surface area (Å²) in [6.45, 7) is 0. The first kappa shape index (κ1) is 23.6. The third-order valence-corrected chi connectivity index (χ3v) is 9.45. The molecule has 166 valence electrons. The first-order chi connectivity index (χ1) is 14.5. The lowest BCUT2D eigenvalue weighted by Gasteiger charge is -2.40. The average Bonchev–Trinajstić information content (AvgIpc) is 2.70. The van der Waals surface area contributed by atoms with E-state index in [1.807, 2.05) is 0 Å². The Morgan fingerprint density at radius 1 is 1.06 bits per heavy atom. The number of hydrogen-bond donors (Lipinski definition) is 1. The fourth-order valence-corrected chi connectivity index (χ4v) is 7.24. The van der Waals surface area contributed by atoms with Gasteiger partial charge in [0, 0.05) is 16.6 Å². The number of hydrogen-bond acceptors (Lipinski definition) is 5. The molecule has 0 aliphatic heterocycles. The Balaban J connectivity index is 2.05. The fourth-order valence-electron chi connectivity index (χ4n) is 3.95. The Labute approximate surface area is 184 Å². The van der Waals surface area contributed by atoms with Crippen molar-refractivity contribution in [3.63, 3.8) is 0 Å². The Morgan fingerprint density at radius 2 is 1.68 bits per heavy atom. The molecular formula is C20H19ClF2N2O4S2. The van der Waals surface area contributed by atoms with Crippen LogP contribution in [0.4, 0.5) is 8.78 Å². The number of nitriles is 1. The van der Waals surface area contributed by atoms with E-state index in [9.17, 15) is 25.6 Å². The highest BCUT2D eigenvalue weighted by atomic mass is 35.5. The van der Waals surface area contributed by atoms with Gasteiger partial charge in [0.05, 0.1) is 11.0 Å². The van der Waals surface area contributed by atoms with Crippen molar-refractivity contribution in [2.75, 3.05) is 5.75 Å². The van der Waals surface area contributed by atoms with E-state index in [1.165, 1.54) is 24.3 Å². The molecule has 2 aromatic rings. The minimum Gasteiger partial charge on any atom is -0.223 e. The zero-order valence-corrected chi connectivity index (χ0v) is 18.6. The lowest BCUT2D eigenvalue weighted by Crippen LogP contribution is -2.46. The summed E-state index contributed by atoms with van der Waals surface area (Å²) in [4.78, 5) is -0.0935. The highest BCUT2D eigenvalue weighted by molar-refractivity contribution is 7.92. The predicted molar refractivity (Wildman–Crippen MR) is 111 cm³/mol. The van der Waals surface area contributed by atoms with Crippen molar-refractivity contribution in [2.45, 2.75) is 41.4 Å². The van der Waals surface area contributed by atoms with Gasteiger partial charge in [0.1, 0.15) is 16.4 Å². The summed E-state index contributed by atoms with van der Waals surface area (Å²) in [5.74, 6) is -2.36. The average molecular weight is 489 g/mol. The van der Waals surface area contributed by atoms with Gasteiger partial charge in [-0.3, -0.25) is 0 Å². The second-order valence-corrected chi connectivity index (χ2v) is 11.8. The largest absolute Gasteiger partial charge is 0.225 e. The van der Waals surface area contributed by atoms with E-state index < -0.39 is 48.0 Å². The number of nitrogens with one attached hydrogen (secondary N) is 1. The molecule has 0 amide bonds. The lowest BCUT2D eigenvalue weighted by molar-refractivity contribution is 0.324. The number of rotatable bonds is 6. The van der Waals surface area contributed by atoms with Gasteiger partial charge in [-0.05, 0) is 68.1 Å². The topological polar surface area (TPSA) is 104 Å². The number of sulfone groups is 1. The first-order valence-corrected chi connectivity index (χ1v) is 12.8. The van der Waals surface area contributed by atoms with Crippen LogP contribution in [0.2, 0.25) is 5.02 Å². The molecule has 0 unspecified atom stereocenters. The maximum Gasteiger partial charge on any atom is 0.225 e. The van der Waals surface area contributed by atoms with Crippen molar-refractivity contribution in [2.24, 2.45) is 0 Å². The molecule has 0 atom stereocenters. The van der Waals surface area contributed by atoms with Crippen LogP contribution in [-0.4, -0.2) is 28.6 Å². The number of benzene rings is 2. The molecule has 0 radical (unpaired) electrons. The molecule has 1 aliphatic rings. The van der Waals surface area contributed by atoms with Crippen LogP contribution in [0.25, 0.3) is 0 Å². The third-order valence-electron chi connectivity index (χ3n) is 5.45. The Hall–Kier alpha value is -2.06. The molecule has 0 bridgehead atoms. The molecular weight excluding hydrogens is 470 g/mol. The van der Waals surface area contributed by atoms with E-state index in [0.717, 1.165) is 18.2 Å². The van der Waals surface area contributed by atoms with Crippen LogP contribution in [0, 0.1) is 23.0 Å². The molecule has 0 heterocycles. The number of sulfonamides is 1. The second-order valence-electron chi connectivity index (χ2n) is 7.39. The molecule has 1 fully saturated rings. The van der Waals surface area contributed by atoms with Crippen LogP contribution < -0.4 is 4.72 Å². The summed E-state index contributed by atoms with van der Waals surface area (Å²) in [6.07, 6.45) is -0.156. The van der Waals surface area contributed by atoms with Gasteiger partial charge in [-0.25, -0.2) is 30.3 Å². The summed E-state index contributed by atoms with van der Waals surface area (Å²) in [7, 11) is -8.05. The normalized spacial score (nSPS) is 22.1. The summed E-state index contributed by atoms with van der Waals surface area (Å²) in [5.41, 5.74) is -0.291. The van der Waals surface area contributed by atoms with Crippen molar-refractivity contribution >= 4 is 31.5 Å². The number of halogens is 3. The zero-order valence-electron chi connectivity index (χ0n) is 16.2. The van der Waals surface area contributed by atoms with Gasteiger partial charge in [-0.2, -0.15) is 5.26 Å². The second kappa shape index (κ2) is 8.82. The summed E-state index contributed by atoms with van der Waals surface area (Å²) in [6, 6.07) is 8.99. The molecule has 31 heavy (non-hydrogen) atoms. The van der Waals surface area contributed by atoms with Crippen molar-refractivity contribution in [3.05, 3.63) is 64.7 Å². The van der Waals surface area contributed by atoms with Crippen LogP contribution in [-0.2, 0) is 24.6 Å². The summed E-state index contributed by atoms with van der Waals surface area (Å²) >= 11 is 5.86. The lowest BCUT2D eigenvalue weighted by atomic mass is 9.80. The monoisotopic (exact) mass is 488 g/mol. The standard InChI is InChI=1S/C20H19ClF2N2O4S2/c21-14-1-4-17(5-2-14)31(28,29)20(18-13-15(22)3-6-19(18)23)9-7-16(8-10-20)25-30(26,27)12-11-24/h1-6,13,16,25H,7-10,12H2/t16-,20+. The molecule has 11 heteroatoms.